The summed E-state index contributed by atoms with van der Waals surface area (Å²) in [4.78, 5) is 4.34. The van der Waals surface area contributed by atoms with Crippen LogP contribution < -0.4 is 11.1 Å². The predicted molar refractivity (Wildman–Crippen MR) is 65.0 cm³/mol. The van der Waals surface area contributed by atoms with E-state index in [0.717, 1.165) is 23.7 Å². The van der Waals surface area contributed by atoms with Crippen molar-refractivity contribution in [1.29, 1.82) is 0 Å². The lowest BCUT2D eigenvalue weighted by Gasteiger charge is -2.06. The molecule has 0 bridgehead atoms. The third-order valence-electron chi connectivity index (χ3n) is 2.18. The van der Waals surface area contributed by atoms with Gasteiger partial charge in [0.2, 0.25) is 0 Å². The third kappa shape index (κ3) is 2.47. The van der Waals surface area contributed by atoms with E-state index in [-0.39, 0.29) is 0 Å². The Morgan fingerprint density at radius 2 is 2.27 bits per heavy atom. The Morgan fingerprint density at radius 1 is 1.40 bits per heavy atom. The number of hydrogen-bond donors (Lipinski definition) is 2. The highest BCUT2D eigenvalue weighted by atomic mass is 32.1. The number of nitrogen functional groups attached to an aromatic ring is 1. The maximum Gasteiger partial charge on any atom is 0.126 e. The Morgan fingerprint density at radius 3 is 2.93 bits per heavy atom. The van der Waals surface area contributed by atoms with E-state index in [4.69, 9.17) is 5.73 Å². The molecule has 0 unspecified atom stereocenters. The van der Waals surface area contributed by atoms with Crippen LogP contribution in [0.25, 0.3) is 0 Å². The molecular formula is C11H13N3S. The zero-order valence-electron chi connectivity index (χ0n) is 8.53. The number of aryl methyl sites for hydroxylation is 1. The van der Waals surface area contributed by atoms with Crippen molar-refractivity contribution >= 4 is 22.8 Å². The second-order valence-corrected chi connectivity index (χ2v) is 4.14. The van der Waals surface area contributed by atoms with Crippen molar-refractivity contribution in [2.45, 2.75) is 13.5 Å². The second kappa shape index (κ2) is 4.31. The van der Waals surface area contributed by atoms with E-state index >= 15 is 0 Å². The van der Waals surface area contributed by atoms with Gasteiger partial charge >= 0.3 is 0 Å². The Balaban J connectivity index is 2.02. The fraction of sp³-hybridized carbons (Fsp3) is 0.182. The minimum atomic E-state index is 0.732. The molecule has 0 aromatic carbocycles. The molecule has 15 heavy (non-hydrogen) atoms. The van der Waals surface area contributed by atoms with Crippen LogP contribution in [0.15, 0.2) is 29.0 Å². The molecule has 2 aromatic heterocycles. The van der Waals surface area contributed by atoms with Crippen molar-refractivity contribution in [3.63, 3.8) is 0 Å². The van der Waals surface area contributed by atoms with Gasteiger partial charge in [-0.05, 0) is 41.4 Å². The highest BCUT2D eigenvalue weighted by Crippen LogP contribution is 2.13. The number of hydrogen-bond acceptors (Lipinski definition) is 4. The number of anilines is 2. The largest absolute Gasteiger partial charge is 0.397 e. The van der Waals surface area contributed by atoms with Gasteiger partial charge in [0.25, 0.3) is 0 Å². The molecule has 0 spiro atoms. The van der Waals surface area contributed by atoms with Crippen molar-refractivity contribution in [2.24, 2.45) is 0 Å². The molecule has 78 valence electrons. The molecule has 2 heterocycles. The van der Waals surface area contributed by atoms with E-state index in [0.29, 0.717) is 0 Å². The van der Waals surface area contributed by atoms with Crippen LogP contribution in [0.4, 0.5) is 11.5 Å². The van der Waals surface area contributed by atoms with Gasteiger partial charge in [-0.1, -0.05) is 0 Å². The van der Waals surface area contributed by atoms with Gasteiger partial charge in [0, 0.05) is 6.54 Å². The number of aromatic nitrogens is 1. The Bertz CT molecular complexity index is 437. The minimum Gasteiger partial charge on any atom is -0.397 e. The third-order valence-corrected chi connectivity index (χ3v) is 2.91. The number of pyridine rings is 1. The molecule has 0 saturated heterocycles. The molecule has 0 saturated carbocycles. The van der Waals surface area contributed by atoms with Crippen molar-refractivity contribution in [1.82, 2.24) is 4.98 Å². The van der Waals surface area contributed by atoms with Crippen LogP contribution in [0.5, 0.6) is 0 Å². The standard InChI is InChI=1S/C11H13N3S/c1-8-10(12)2-3-11(14-8)13-6-9-4-5-15-7-9/h2-5,7H,6,12H2,1H3,(H,13,14). The zero-order chi connectivity index (χ0) is 10.7. The molecule has 0 aliphatic rings. The van der Waals surface area contributed by atoms with Gasteiger partial charge in [-0.15, -0.1) is 0 Å². The van der Waals surface area contributed by atoms with Gasteiger partial charge in [-0.2, -0.15) is 11.3 Å². The first-order valence-corrected chi connectivity index (χ1v) is 5.68. The lowest BCUT2D eigenvalue weighted by Crippen LogP contribution is -2.02. The average molecular weight is 219 g/mol. The summed E-state index contributed by atoms with van der Waals surface area (Å²) < 4.78 is 0. The summed E-state index contributed by atoms with van der Waals surface area (Å²) in [7, 11) is 0. The lowest BCUT2D eigenvalue weighted by molar-refractivity contribution is 1.10. The molecule has 2 rings (SSSR count). The van der Waals surface area contributed by atoms with Crippen LogP contribution >= 0.6 is 11.3 Å². The van der Waals surface area contributed by atoms with Gasteiger partial charge < -0.3 is 11.1 Å². The maximum atomic E-state index is 5.69. The average Bonchev–Trinajstić information content (AvgIpc) is 2.73. The summed E-state index contributed by atoms with van der Waals surface area (Å²) >= 11 is 1.70. The Kier molecular flexibility index (Phi) is 2.87. The normalized spacial score (nSPS) is 10.2. The molecule has 4 heteroatoms. The maximum absolute atomic E-state index is 5.69. The number of nitrogens with one attached hydrogen (secondary N) is 1. The van der Waals surface area contributed by atoms with Crippen molar-refractivity contribution in [3.8, 4) is 0 Å². The molecule has 3 nitrogen and oxygen atoms in total. The van der Waals surface area contributed by atoms with Crippen molar-refractivity contribution in [3.05, 3.63) is 40.2 Å². The zero-order valence-corrected chi connectivity index (χ0v) is 9.34. The van der Waals surface area contributed by atoms with Gasteiger partial charge in [-0.3, -0.25) is 0 Å². The Hall–Kier alpha value is -1.55. The summed E-state index contributed by atoms with van der Waals surface area (Å²) in [6.45, 7) is 2.71. The van der Waals surface area contributed by atoms with E-state index in [9.17, 15) is 0 Å². The lowest BCUT2D eigenvalue weighted by atomic mass is 10.3. The molecule has 0 amide bonds. The first-order valence-electron chi connectivity index (χ1n) is 4.74. The molecule has 0 fully saturated rings. The quantitative estimate of drug-likeness (QED) is 0.834. The van der Waals surface area contributed by atoms with Crippen LogP contribution in [0.1, 0.15) is 11.3 Å². The van der Waals surface area contributed by atoms with Crippen LogP contribution in [-0.4, -0.2) is 4.98 Å². The van der Waals surface area contributed by atoms with E-state index in [2.05, 4.69) is 27.1 Å². The van der Waals surface area contributed by atoms with Crippen molar-refractivity contribution < 1.29 is 0 Å². The smallest absolute Gasteiger partial charge is 0.126 e. The van der Waals surface area contributed by atoms with Gasteiger partial charge in [0.1, 0.15) is 5.82 Å². The van der Waals surface area contributed by atoms with Crippen LogP contribution in [-0.2, 0) is 6.54 Å². The summed E-state index contributed by atoms with van der Waals surface area (Å²) in [5.41, 5.74) is 8.56. The van der Waals surface area contributed by atoms with E-state index in [1.807, 2.05) is 19.1 Å². The summed E-state index contributed by atoms with van der Waals surface area (Å²) in [6, 6.07) is 5.87. The monoisotopic (exact) mass is 219 g/mol. The Labute approximate surface area is 93.0 Å². The number of nitrogens with two attached hydrogens (primary N) is 1. The number of rotatable bonds is 3. The molecular weight excluding hydrogens is 206 g/mol. The fourth-order valence-corrected chi connectivity index (χ4v) is 1.92. The van der Waals surface area contributed by atoms with Crippen LogP contribution in [0, 0.1) is 6.92 Å². The number of thiophene rings is 1. The highest BCUT2D eigenvalue weighted by molar-refractivity contribution is 7.07. The summed E-state index contributed by atoms with van der Waals surface area (Å²) in [5, 5.41) is 7.45. The minimum absolute atomic E-state index is 0.732. The molecule has 3 N–H and O–H groups in total. The van der Waals surface area contributed by atoms with Crippen LogP contribution in [0.3, 0.4) is 0 Å². The van der Waals surface area contributed by atoms with Crippen molar-refractivity contribution in [2.75, 3.05) is 11.1 Å². The van der Waals surface area contributed by atoms with Gasteiger partial charge in [0.05, 0.1) is 11.4 Å². The molecule has 0 aliphatic heterocycles. The fourth-order valence-electron chi connectivity index (χ4n) is 1.26. The molecule has 0 atom stereocenters. The van der Waals surface area contributed by atoms with E-state index in [1.165, 1.54) is 5.56 Å². The highest BCUT2D eigenvalue weighted by Gasteiger charge is 1.98. The first kappa shape index (κ1) is 9.98. The predicted octanol–water partition coefficient (Wildman–Crippen LogP) is 2.65. The molecule has 0 aliphatic carbocycles. The van der Waals surface area contributed by atoms with Gasteiger partial charge in [-0.25, -0.2) is 4.98 Å². The SMILES string of the molecule is Cc1nc(NCc2ccsc2)ccc1N. The first-order chi connectivity index (χ1) is 7.25. The van der Waals surface area contributed by atoms with Crippen LogP contribution in [0.2, 0.25) is 0 Å². The molecule has 0 radical (unpaired) electrons. The number of nitrogens with zero attached hydrogens (tertiary/aromatic N) is 1. The second-order valence-electron chi connectivity index (χ2n) is 3.36. The topological polar surface area (TPSA) is 50.9 Å². The summed E-state index contributed by atoms with van der Waals surface area (Å²) in [6.07, 6.45) is 0. The van der Waals surface area contributed by atoms with E-state index < -0.39 is 0 Å². The van der Waals surface area contributed by atoms with E-state index in [1.54, 1.807) is 11.3 Å². The molecule has 2 aromatic rings. The van der Waals surface area contributed by atoms with Gasteiger partial charge in [0.15, 0.2) is 0 Å². The summed E-state index contributed by atoms with van der Waals surface area (Å²) in [5.74, 6) is 0.868.